The minimum atomic E-state index is 0.336. The van der Waals surface area contributed by atoms with Gasteiger partial charge in [-0.05, 0) is 38.1 Å². The van der Waals surface area contributed by atoms with Crippen molar-refractivity contribution in [1.82, 2.24) is 4.90 Å². The third kappa shape index (κ3) is 2.01. The summed E-state index contributed by atoms with van der Waals surface area (Å²) in [4.78, 5) is 7.18. The molecular formula is C14H19N3. The number of likely N-dealkylation sites (tertiary alicyclic amines) is 1. The highest BCUT2D eigenvalue weighted by molar-refractivity contribution is 5.97. The summed E-state index contributed by atoms with van der Waals surface area (Å²) in [5.41, 5.74) is 9.88. The van der Waals surface area contributed by atoms with E-state index in [0.717, 1.165) is 31.5 Å². The standard InChI is InChI=1S/C14H19N3/c1-17-7-6-11(15)9-14(17)13-8-10-4-2-3-5-12(10)16-13/h2-5,11,14H,6-9,15H2,1H3/t11-,14-/m1/s1. The molecule has 0 spiro atoms. The summed E-state index contributed by atoms with van der Waals surface area (Å²) in [5, 5.41) is 0. The maximum atomic E-state index is 6.08. The van der Waals surface area contributed by atoms with Crippen molar-refractivity contribution in [2.24, 2.45) is 10.7 Å². The topological polar surface area (TPSA) is 41.6 Å². The number of hydrogen-bond acceptors (Lipinski definition) is 3. The average molecular weight is 229 g/mol. The van der Waals surface area contributed by atoms with Gasteiger partial charge in [-0.2, -0.15) is 0 Å². The maximum absolute atomic E-state index is 6.08. The Morgan fingerprint density at radius 1 is 1.35 bits per heavy atom. The van der Waals surface area contributed by atoms with Crippen LogP contribution in [0.1, 0.15) is 18.4 Å². The van der Waals surface area contributed by atoms with Crippen LogP contribution in [0.3, 0.4) is 0 Å². The van der Waals surface area contributed by atoms with E-state index in [9.17, 15) is 0 Å². The van der Waals surface area contributed by atoms with Gasteiger partial charge in [-0.15, -0.1) is 0 Å². The number of nitrogens with two attached hydrogens (primary N) is 1. The van der Waals surface area contributed by atoms with Gasteiger partial charge in [-0.25, -0.2) is 0 Å². The molecule has 2 heterocycles. The van der Waals surface area contributed by atoms with Gasteiger partial charge in [0.05, 0.1) is 5.69 Å². The molecule has 2 aliphatic heterocycles. The molecule has 0 amide bonds. The fraction of sp³-hybridized carbons (Fsp3) is 0.500. The number of rotatable bonds is 1. The summed E-state index contributed by atoms with van der Waals surface area (Å²) in [6, 6.07) is 9.20. The van der Waals surface area contributed by atoms with Crippen LogP contribution in [-0.4, -0.2) is 36.3 Å². The van der Waals surface area contributed by atoms with Gasteiger partial charge in [-0.3, -0.25) is 9.89 Å². The van der Waals surface area contributed by atoms with Gasteiger partial charge in [0.1, 0.15) is 0 Å². The Morgan fingerprint density at radius 2 is 2.18 bits per heavy atom. The van der Waals surface area contributed by atoms with Crippen LogP contribution in [0.5, 0.6) is 0 Å². The first kappa shape index (κ1) is 10.9. The van der Waals surface area contributed by atoms with E-state index in [1.807, 2.05) is 0 Å². The Labute approximate surface area is 102 Å². The molecule has 3 nitrogen and oxygen atoms in total. The number of aliphatic imine (C=N–C) groups is 1. The molecular weight excluding hydrogens is 210 g/mol. The van der Waals surface area contributed by atoms with Gasteiger partial charge in [0.2, 0.25) is 0 Å². The van der Waals surface area contributed by atoms with E-state index >= 15 is 0 Å². The smallest absolute Gasteiger partial charge is 0.0665 e. The quantitative estimate of drug-likeness (QED) is 0.797. The lowest BCUT2D eigenvalue weighted by Gasteiger charge is -2.35. The third-order valence-corrected chi connectivity index (χ3v) is 3.92. The zero-order chi connectivity index (χ0) is 11.8. The van der Waals surface area contributed by atoms with Gasteiger partial charge < -0.3 is 5.73 Å². The summed E-state index contributed by atoms with van der Waals surface area (Å²) in [6.07, 6.45) is 3.15. The molecule has 3 rings (SSSR count). The van der Waals surface area contributed by atoms with Crippen molar-refractivity contribution >= 4 is 11.4 Å². The van der Waals surface area contributed by atoms with Crippen molar-refractivity contribution in [3.8, 4) is 0 Å². The summed E-state index contributed by atoms with van der Waals surface area (Å²) >= 11 is 0. The van der Waals surface area contributed by atoms with Crippen molar-refractivity contribution in [2.45, 2.75) is 31.3 Å². The van der Waals surface area contributed by atoms with Crippen LogP contribution in [0.2, 0.25) is 0 Å². The normalized spacial score (nSPS) is 28.9. The van der Waals surface area contributed by atoms with Gasteiger partial charge in [0, 0.05) is 24.2 Å². The fourth-order valence-electron chi connectivity index (χ4n) is 2.85. The highest BCUT2D eigenvalue weighted by Crippen LogP contribution is 2.29. The molecule has 0 aliphatic carbocycles. The first-order valence-electron chi connectivity index (χ1n) is 6.35. The third-order valence-electron chi connectivity index (χ3n) is 3.92. The molecule has 2 atom stereocenters. The van der Waals surface area contributed by atoms with Gasteiger partial charge in [0.25, 0.3) is 0 Å². The predicted molar refractivity (Wildman–Crippen MR) is 70.9 cm³/mol. The molecule has 2 aliphatic rings. The van der Waals surface area contributed by atoms with Crippen molar-refractivity contribution in [3.05, 3.63) is 29.8 Å². The predicted octanol–water partition coefficient (Wildman–Crippen LogP) is 1.74. The van der Waals surface area contributed by atoms with E-state index in [1.54, 1.807) is 0 Å². The highest BCUT2D eigenvalue weighted by atomic mass is 15.2. The number of piperidine rings is 1. The largest absolute Gasteiger partial charge is 0.328 e. The van der Waals surface area contributed by atoms with Crippen LogP contribution in [0.4, 0.5) is 5.69 Å². The molecule has 90 valence electrons. The van der Waals surface area contributed by atoms with Crippen LogP contribution in [0, 0.1) is 0 Å². The molecule has 3 heteroatoms. The molecule has 0 saturated carbocycles. The number of fused-ring (bicyclic) bond motifs is 1. The lowest BCUT2D eigenvalue weighted by atomic mass is 9.93. The van der Waals surface area contributed by atoms with Crippen molar-refractivity contribution in [3.63, 3.8) is 0 Å². The lowest BCUT2D eigenvalue weighted by Crippen LogP contribution is -2.48. The van der Waals surface area contributed by atoms with Crippen LogP contribution in [0.25, 0.3) is 0 Å². The first-order chi connectivity index (χ1) is 8.24. The zero-order valence-corrected chi connectivity index (χ0v) is 10.3. The second-order valence-corrected chi connectivity index (χ2v) is 5.19. The molecule has 1 aromatic carbocycles. The molecule has 0 aromatic heterocycles. The lowest BCUT2D eigenvalue weighted by molar-refractivity contribution is 0.216. The molecule has 17 heavy (non-hydrogen) atoms. The Morgan fingerprint density at radius 3 is 3.00 bits per heavy atom. The fourth-order valence-corrected chi connectivity index (χ4v) is 2.85. The minimum absolute atomic E-state index is 0.336. The Bertz CT molecular complexity index is 453. The van der Waals surface area contributed by atoms with E-state index in [2.05, 4.69) is 36.2 Å². The maximum Gasteiger partial charge on any atom is 0.0665 e. The van der Waals surface area contributed by atoms with Crippen LogP contribution in [0.15, 0.2) is 29.3 Å². The Kier molecular flexibility index (Phi) is 2.73. The zero-order valence-electron chi connectivity index (χ0n) is 10.3. The monoisotopic (exact) mass is 229 g/mol. The Hall–Kier alpha value is -1.19. The van der Waals surface area contributed by atoms with Crippen molar-refractivity contribution in [1.29, 1.82) is 0 Å². The second-order valence-electron chi connectivity index (χ2n) is 5.19. The van der Waals surface area contributed by atoms with Gasteiger partial charge in [0.15, 0.2) is 0 Å². The van der Waals surface area contributed by atoms with Crippen molar-refractivity contribution in [2.75, 3.05) is 13.6 Å². The minimum Gasteiger partial charge on any atom is -0.328 e. The van der Waals surface area contributed by atoms with Gasteiger partial charge >= 0.3 is 0 Å². The van der Waals surface area contributed by atoms with Crippen molar-refractivity contribution < 1.29 is 0 Å². The first-order valence-corrected chi connectivity index (χ1v) is 6.35. The number of hydrogen-bond donors (Lipinski definition) is 1. The van der Waals surface area contributed by atoms with E-state index in [4.69, 9.17) is 10.7 Å². The summed E-state index contributed by atoms with van der Waals surface area (Å²) in [6.45, 7) is 1.08. The highest BCUT2D eigenvalue weighted by Gasteiger charge is 2.30. The van der Waals surface area contributed by atoms with E-state index < -0.39 is 0 Å². The summed E-state index contributed by atoms with van der Waals surface area (Å²) in [5.74, 6) is 0. The van der Waals surface area contributed by atoms with Gasteiger partial charge in [-0.1, -0.05) is 18.2 Å². The number of benzene rings is 1. The van der Waals surface area contributed by atoms with E-state index in [1.165, 1.54) is 11.3 Å². The molecule has 1 fully saturated rings. The van der Waals surface area contributed by atoms with Crippen LogP contribution in [-0.2, 0) is 6.42 Å². The van der Waals surface area contributed by atoms with E-state index in [-0.39, 0.29) is 0 Å². The molecule has 0 unspecified atom stereocenters. The molecule has 1 aromatic rings. The molecule has 0 bridgehead atoms. The number of nitrogens with zero attached hydrogens (tertiary/aromatic N) is 2. The summed E-state index contributed by atoms with van der Waals surface area (Å²) < 4.78 is 0. The summed E-state index contributed by atoms with van der Waals surface area (Å²) in [7, 11) is 2.18. The van der Waals surface area contributed by atoms with Crippen LogP contribution >= 0.6 is 0 Å². The molecule has 1 saturated heterocycles. The van der Waals surface area contributed by atoms with E-state index in [0.29, 0.717) is 12.1 Å². The second kappa shape index (κ2) is 4.24. The number of para-hydroxylation sites is 1. The SMILES string of the molecule is CN1CC[C@@H](N)C[C@@H]1C1=Nc2ccccc2C1. The molecule has 2 N–H and O–H groups in total. The molecule has 0 radical (unpaired) electrons. The average Bonchev–Trinajstić information content (AvgIpc) is 2.75. The van der Waals surface area contributed by atoms with Crippen LogP contribution < -0.4 is 5.73 Å². The Balaban J connectivity index is 1.83.